The van der Waals surface area contributed by atoms with Crippen LogP contribution < -0.4 is 15.0 Å². The second kappa shape index (κ2) is 9.26. The maximum atomic E-state index is 13.8. The maximum absolute atomic E-state index is 13.8. The zero-order valence-electron chi connectivity index (χ0n) is 17.5. The standard InChI is InChI=1S/C25H18ClFN2O4/c1-15-9-10-18(13-21(15)26)29-24(31)20(23(30)28-25(29)32)12-16-5-4-7-19(11-16)33-14-17-6-2-3-8-22(17)27/h2-13H,14H2,1H3,(H,28,30,32)/b20-12-. The largest absolute Gasteiger partial charge is 0.489 e. The van der Waals surface area contributed by atoms with Crippen molar-refractivity contribution in [3.8, 4) is 5.75 Å². The maximum Gasteiger partial charge on any atom is 0.335 e. The van der Waals surface area contributed by atoms with Gasteiger partial charge in [0.1, 0.15) is 23.7 Å². The van der Waals surface area contributed by atoms with Gasteiger partial charge in [-0.3, -0.25) is 14.9 Å². The molecule has 0 radical (unpaired) electrons. The molecule has 0 saturated carbocycles. The summed E-state index contributed by atoms with van der Waals surface area (Å²) in [5.74, 6) is -1.53. The lowest BCUT2D eigenvalue weighted by Gasteiger charge is -2.26. The fourth-order valence-corrected chi connectivity index (χ4v) is 3.42. The lowest BCUT2D eigenvalue weighted by Crippen LogP contribution is -2.54. The molecule has 1 saturated heterocycles. The van der Waals surface area contributed by atoms with Crippen LogP contribution in [0.3, 0.4) is 0 Å². The summed E-state index contributed by atoms with van der Waals surface area (Å²) in [5, 5.41) is 2.56. The topological polar surface area (TPSA) is 75.7 Å². The second-order valence-corrected chi connectivity index (χ2v) is 7.75. The van der Waals surface area contributed by atoms with Gasteiger partial charge >= 0.3 is 6.03 Å². The third-order valence-corrected chi connectivity index (χ3v) is 5.44. The zero-order valence-corrected chi connectivity index (χ0v) is 18.2. The van der Waals surface area contributed by atoms with E-state index >= 15 is 0 Å². The van der Waals surface area contributed by atoms with Gasteiger partial charge in [0.05, 0.1) is 5.69 Å². The molecule has 0 aromatic heterocycles. The first-order valence-corrected chi connectivity index (χ1v) is 10.3. The number of carbonyl (C=O) groups excluding carboxylic acids is 3. The Morgan fingerprint density at radius 3 is 2.58 bits per heavy atom. The average Bonchev–Trinajstić information content (AvgIpc) is 2.78. The van der Waals surface area contributed by atoms with E-state index in [1.165, 1.54) is 18.2 Å². The molecule has 0 aliphatic carbocycles. The van der Waals surface area contributed by atoms with Crippen molar-refractivity contribution < 1.29 is 23.5 Å². The molecule has 1 aliphatic rings. The molecule has 0 atom stereocenters. The van der Waals surface area contributed by atoms with Gasteiger partial charge in [0.25, 0.3) is 11.8 Å². The lowest BCUT2D eigenvalue weighted by atomic mass is 10.1. The SMILES string of the molecule is Cc1ccc(N2C(=O)NC(=O)/C(=C/c3cccc(OCc4ccccc4F)c3)C2=O)cc1Cl. The first kappa shape index (κ1) is 22.2. The van der Waals surface area contributed by atoms with Crippen molar-refractivity contribution in [2.24, 2.45) is 0 Å². The Morgan fingerprint density at radius 2 is 1.82 bits per heavy atom. The summed E-state index contributed by atoms with van der Waals surface area (Å²) in [7, 11) is 0. The zero-order chi connectivity index (χ0) is 23.5. The number of anilines is 1. The minimum absolute atomic E-state index is 0.0164. The Bertz CT molecular complexity index is 1310. The number of carbonyl (C=O) groups is 3. The van der Waals surface area contributed by atoms with Gasteiger partial charge in [0.15, 0.2) is 0 Å². The molecule has 3 aromatic rings. The number of nitrogens with zero attached hydrogens (tertiary/aromatic N) is 1. The molecule has 1 aliphatic heterocycles. The lowest BCUT2D eigenvalue weighted by molar-refractivity contribution is -0.122. The van der Waals surface area contributed by atoms with Gasteiger partial charge in [-0.25, -0.2) is 14.1 Å². The summed E-state index contributed by atoms with van der Waals surface area (Å²) in [6.07, 6.45) is 1.36. The van der Waals surface area contributed by atoms with E-state index in [0.29, 0.717) is 21.9 Å². The Morgan fingerprint density at radius 1 is 1.03 bits per heavy atom. The van der Waals surface area contributed by atoms with E-state index in [2.05, 4.69) is 5.32 Å². The van der Waals surface area contributed by atoms with Crippen molar-refractivity contribution in [1.29, 1.82) is 0 Å². The molecule has 1 N–H and O–H groups in total. The molecule has 4 amide bonds. The number of imide groups is 2. The first-order valence-electron chi connectivity index (χ1n) is 9.97. The highest BCUT2D eigenvalue weighted by Gasteiger charge is 2.37. The van der Waals surface area contributed by atoms with E-state index < -0.39 is 17.8 Å². The van der Waals surface area contributed by atoms with Crippen molar-refractivity contribution in [3.63, 3.8) is 0 Å². The second-order valence-electron chi connectivity index (χ2n) is 7.34. The van der Waals surface area contributed by atoms with E-state index in [0.717, 1.165) is 10.5 Å². The van der Waals surface area contributed by atoms with Gasteiger partial charge in [-0.05, 0) is 54.5 Å². The van der Waals surface area contributed by atoms with Crippen LogP contribution in [-0.2, 0) is 16.2 Å². The van der Waals surface area contributed by atoms with Gasteiger partial charge in [0.2, 0.25) is 0 Å². The normalized spacial score (nSPS) is 15.1. The van der Waals surface area contributed by atoms with Gasteiger partial charge in [-0.1, -0.05) is 48.0 Å². The van der Waals surface area contributed by atoms with Crippen LogP contribution in [0.15, 0.2) is 72.3 Å². The summed E-state index contributed by atoms with van der Waals surface area (Å²) in [6, 6.07) is 16.8. The minimum Gasteiger partial charge on any atom is -0.489 e. The predicted octanol–water partition coefficient (Wildman–Crippen LogP) is 5.03. The molecule has 33 heavy (non-hydrogen) atoms. The van der Waals surface area contributed by atoms with Crippen LogP contribution in [0, 0.1) is 12.7 Å². The molecule has 0 spiro atoms. The Labute approximate surface area is 194 Å². The number of hydrogen-bond donors (Lipinski definition) is 1. The average molecular weight is 465 g/mol. The number of barbiturate groups is 1. The first-order chi connectivity index (χ1) is 15.8. The number of benzene rings is 3. The molecule has 8 heteroatoms. The van der Waals surface area contributed by atoms with E-state index in [9.17, 15) is 18.8 Å². The van der Waals surface area contributed by atoms with Gasteiger partial charge in [-0.2, -0.15) is 0 Å². The van der Waals surface area contributed by atoms with E-state index in [-0.39, 0.29) is 23.7 Å². The number of hydrogen-bond acceptors (Lipinski definition) is 4. The smallest absolute Gasteiger partial charge is 0.335 e. The molecule has 166 valence electrons. The Kier molecular flexibility index (Phi) is 6.24. The molecule has 0 bridgehead atoms. The fourth-order valence-electron chi connectivity index (χ4n) is 3.25. The van der Waals surface area contributed by atoms with Crippen LogP contribution in [0.2, 0.25) is 5.02 Å². The quantitative estimate of drug-likeness (QED) is 0.424. The highest BCUT2D eigenvalue weighted by molar-refractivity contribution is 6.39. The third-order valence-electron chi connectivity index (χ3n) is 5.04. The molecular formula is C25H18ClFN2O4. The molecule has 6 nitrogen and oxygen atoms in total. The summed E-state index contributed by atoms with van der Waals surface area (Å²) in [4.78, 5) is 38.7. The van der Waals surface area contributed by atoms with Crippen molar-refractivity contribution >= 4 is 41.2 Å². The highest BCUT2D eigenvalue weighted by atomic mass is 35.5. The molecule has 0 unspecified atom stereocenters. The number of amides is 4. The molecule has 4 rings (SSSR count). The van der Waals surface area contributed by atoms with Crippen molar-refractivity contribution in [2.75, 3.05) is 4.90 Å². The number of halogens is 2. The Hall–Kier alpha value is -3.97. The molecule has 1 fully saturated rings. The van der Waals surface area contributed by atoms with Crippen LogP contribution in [0.4, 0.5) is 14.9 Å². The summed E-state index contributed by atoms with van der Waals surface area (Å²) in [6.45, 7) is 1.81. The fraction of sp³-hybridized carbons (Fsp3) is 0.0800. The number of nitrogens with one attached hydrogen (secondary N) is 1. The Balaban J connectivity index is 1.59. The number of urea groups is 1. The predicted molar refractivity (Wildman–Crippen MR) is 122 cm³/mol. The van der Waals surface area contributed by atoms with Gasteiger partial charge in [0, 0.05) is 10.6 Å². The minimum atomic E-state index is -0.857. The van der Waals surface area contributed by atoms with Crippen LogP contribution in [-0.4, -0.2) is 17.8 Å². The van der Waals surface area contributed by atoms with Crippen LogP contribution in [0.1, 0.15) is 16.7 Å². The van der Waals surface area contributed by atoms with Crippen LogP contribution >= 0.6 is 11.6 Å². The van der Waals surface area contributed by atoms with Gasteiger partial charge < -0.3 is 4.74 Å². The number of aryl methyl sites for hydroxylation is 1. The van der Waals surface area contributed by atoms with Crippen molar-refractivity contribution in [3.05, 3.63) is 99.8 Å². The van der Waals surface area contributed by atoms with Crippen molar-refractivity contribution in [1.82, 2.24) is 5.32 Å². The van der Waals surface area contributed by atoms with Crippen molar-refractivity contribution in [2.45, 2.75) is 13.5 Å². The van der Waals surface area contributed by atoms with E-state index in [1.807, 2.05) is 0 Å². The summed E-state index contributed by atoms with van der Waals surface area (Å²) >= 11 is 6.14. The molecular weight excluding hydrogens is 447 g/mol. The monoisotopic (exact) mass is 464 g/mol. The van der Waals surface area contributed by atoms with E-state index in [4.69, 9.17) is 16.3 Å². The number of ether oxygens (including phenoxy) is 1. The van der Waals surface area contributed by atoms with Crippen LogP contribution in [0.25, 0.3) is 6.08 Å². The molecule has 1 heterocycles. The van der Waals surface area contributed by atoms with Gasteiger partial charge in [-0.15, -0.1) is 0 Å². The highest BCUT2D eigenvalue weighted by Crippen LogP contribution is 2.27. The molecule has 3 aromatic carbocycles. The number of rotatable bonds is 5. The van der Waals surface area contributed by atoms with E-state index in [1.54, 1.807) is 61.5 Å². The summed E-state index contributed by atoms with van der Waals surface area (Å²) < 4.78 is 19.5. The van der Waals surface area contributed by atoms with Crippen LogP contribution in [0.5, 0.6) is 5.75 Å². The summed E-state index contributed by atoms with van der Waals surface area (Å²) in [5.41, 5.74) is 1.69. The third kappa shape index (κ3) is 4.78.